The maximum Gasteiger partial charge on any atom is 0.295 e. The number of benzene rings is 3. The third-order valence-electron chi connectivity index (χ3n) is 4.16. The van der Waals surface area contributed by atoms with Gasteiger partial charge in [0.2, 0.25) is 0 Å². The quantitative estimate of drug-likeness (QED) is 0.275. The van der Waals surface area contributed by atoms with E-state index in [9.17, 15) is 28.2 Å². The first kappa shape index (κ1) is 19.4. The zero-order chi connectivity index (χ0) is 20.5. The molecule has 0 atom stereocenters. The van der Waals surface area contributed by atoms with E-state index < -0.39 is 15.0 Å². The predicted molar refractivity (Wildman–Crippen MR) is 102 cm³/mol. The maximum absolute atomic E-state index is 11.6. The Labute approximate surface area is 159 Å². The maximum atomic E-state index is 11.6. The minimum atomic E-state index is -4.48. The molecule has 9 nitrogen and oxygen atoms in total. The van der Waals surface area contributed by atoms with Crippen LogP contribution in [-0.2, 0) is 16.5 Å². The molecule has 0 aliphatic rings. The number of nitro benzene ring substituents is 1. The topological polar surface area (TPSA) is 142 Å². The van der Waals surface area contributed by atoms with Crippen LogP contribution in [0.3, 0.4) is 0 Å². The number of phenols is 1. The van der Waals surface area contributed by atoms with Gasteiger partial charge in [-0.1, -0.05) is 19.1 Å². The molecule has 0 saturated carbocycles. The number of phenolic OH excluding ortho intramolecular Hbond substituents is 1. The Bertz CT molecular complexity index is 1220. The van der Waals surface area contributed by atoms with Crippen LogP contribution in [0.4, 0.5) is 17.1 Å². The number of nitro groups is 1. The molecule has 10 heteroatoms. The van der Waals surface area contributed by atoms with Gasteiger partial charge in [-0.25, -0.2) is 0 Å². The monoisotopic (exact) mass is 401 g/mol. The van der Waals surface area contributed by atoms with Crippen molar-refractivity contribution in [3.05, 3.63) is 64.2 Å². The molecule has 3 aromatic rings. The third kappa shape index (κ3) is 3.68. The molecule has 144 valence electrons. The molecular formula is C18H15N3O6S. The Hall–Kier alpha value is -3.37. The van der Waals surface area contributed by atoms with E-state index in [1.54, 1.807) is 19.1 Å². The summed E-state index contributed by atoms with van der Waals surface area (Å²) in [6, 6.07) is 11.1. The lowest BCUT2D eigenvalue weighted by atomic mass is 10.1. The highest BCUT2D eigenvalue weighted by Crippen LogP contribution is 2.38. The van der Waals surface area contributed by atoms with Gasteiger partial charge in [-0.2, -0.15) is 13.5 Å². The van der Waals surface area contributed by atoms with Gasteiger partial charge in [-0.3, -0.25) is 14.7 Å². The van der Waals surface area contributed by atoms with Crippen molar-refractivity contribution in [1.82, 2.24) is 0 Å². The van der Waals surface area contributed by atoms with Crippen LogP contribution < -0.4 is 0 Å². The van der Waals surface area contributed by atoms with Gasteiger partial charge in [-0.05, 0) is 36.8 Å². The lowest BCUT2D eigenvalue weighted by Crippen LogP contribution is -1.98. The highest BCUT2D eigenvalue weighted by molar-refractivity contribution is 7.86. The number of nitrogens with zero attached hydrogens (tertiary/aromatic N) is 3. The van der Waals surface area contributed by atoms with E-state index in [1.807, 2.05) is 0 Å². The van der Waals surface area contributed by atoms with Crippen molar-refractivity contribution in [2.45, 2.75) is 18.2 Å². The van der Waals surface area contributed by atoms with E-state index in [0.29, 0.717) is 12.0 Å². The average Bonchev–Trinajstić information content (AvgIpc) is 2.65. The Kier molecular flexibility index (Phi) is 5.08. The second kappa shape index (κ2) is 7.33. The molecule has 0 heterocycles. The summed E-state index contributed by atoms with van der Waals surface area (Å²) in [6.07, 6.45) is 0.482. The zero-order valence-corrected chi connectivity index (χ0v) is 15.4. The molecule has 0 aliphatic heterocycles. The summed E-state index contributed by atoms with van der Waals surface area (Å²) in [6.45, 7) is 1.80. The van der Waals surface area contributed by atoms with Crippen LogP contribution in [0.15, 0.2) is 63.7 Å². The smallest absolute Gasteiger partial charge is 0.295 e. The van der Waals surface area contributed by atoms with Crippen molar-refractivity contribution in [3.8, 4) is 5.75 Å². The third-order valence-corrected chi connectivity index (χ3v) is 5.07. The lowest BCUT2D eigenvalue weighted by molar-refractivity contribution is -0.385. The fraction of sp³-hybridized carbons (Fsp3) is 0.111. The van der Waals surface area contributed by atoms with Crippen molar-refractivity contribution < 1.29 is 23.0 Å². The largest absolute Gasteiger partial charge is 0.506 e. The Morgan fingerprint density at radius 3 is 2.46 bits per heavy atom. The first-order chi connectivity index (χ1) is 13.2. The predicted octanol–water partition coefficient (Wildman–Crippen LogP) is 4.68. The van der Waals surface area contributed by atoms with E-state index in [-0.39, 0.29) is 38.5 Å². The number of hydrogen-bond donors (Lipinski definition) is 2. The summed E-state index contributed by atoms with van der Waals surface area (Å²) in [5, 5.41) is 29.6. The van der Waals surface area contributed by atoms with E-state index in [2.05, 4.69) is 10.2 Å². The van der Waals surface area contributed by atoms with E-state index in [0.717, 1.165) is 0 Å². The molecule has 28 heavy (non-hydrogen) atoms. The first-order valence-electron chi connectivity index (χ1n) is 8.13. The van der Waals surface area contributed by atoms with Crippen molar-refractivity contribution in [2.75, 3.05) is 0 Å². The number of azo groups is 1. The van der Waals surface area contributed by atoms with Gasteiger partial charge >= 0.3 is 0 Å². The number of rotatable bonds is 5. The number of aryl methyl sites for hydroxylation is 1. The highest BCUT2D eigenvalue weighted by atomic mass is 32.2. The van der Waals surface area contributed by atoms with E-state index in [4.69, 9.17) is 0 Å². The Morgan fingerprint density at radius 2 is 1.82 bits per heavy atom. The van der Waals surface area contributed by atoms with Crippen LogP contribution in [0.1, 0.15) is 12.5 Å². The lowest BCUT2D eigenvalue weighted by Gasteiger charge is -2.07. The fourth-order valence-corrected chi connectivity index (χ4v) is 3.53. The second-order valence-corrected chi connectivity index (χ2v) is 7.27. The molecule has 3 aromatic carbocycles. The van der Waals surface area contributed by atoms with Crippen molar-refractivity contribution in [2.24, 2.45) is 10.2 Å². The van der Waals surface area contributed by atoms with Gasteiger partial charge in [0.05, 0.1) is 10.6 Å². The number of fused-ring (bicyclic) bond motifs is 1. The fourth-order valence-electron chi connectivity index (χ4n) is 2.82. The standard InChI is InChI=1S/C18H15N3O6S/c1-2-11-6-7-12(10-15(11)21(23)24)19-20-18-14-4-3-5-17(28(25,26)27)13(14)8-9-16(18)22/h3-10,22H,2H2,1H3,(H,25,26,27). The molecule has 3 rings (SSSR count). The molecule has 2 N–H and O–H groups in total. The van der Waals surface area contributed by atoms with Crippen LogP contribution in [0.5, 0.6) is 5.75 Å². The molecule has 0 amide bonds. The van der Waals surface area contributed by atoms with Crippen molar-refractivity contribution >= 4 is 38.0 Å². The van der Waals surface area contributed by atoms with Crippen LogP contribution in [0.25, 0.3) is 10.8 Å². The molecule has 0 bridgehead atoms. The summed E-state index contributed by atoms with van der Waals surface area (Å²) in [5.41, 5.74) is 0.640. The summed E-state index contributed by atoms with van der Waals surface area (Å²) in [5.74, 6) is -0.261. The van der Waals surface area contributed by atoms with Gasteiger partial charge in [0.15, 0.2) is 0 Å². The molecule has 0 aliphatic carbocycles. The van der Waals surface area contributed by atoms with Crippen molar-refractivity contribution in [1.29, 1.82) is 0 Å². The van der Waals surface area contributed by atoms with Gasteiger partial charge in [-0.15, -0.1) is 5.11 Å². The SMILES string of the molecule is CCc1ccc(N=Nc2c(O)ccc3c(S(=O)(=O)O)cccc23)cc1[N+](=O)[O-]. The summed E-state index contributed by atoms with van der Waals surface area (Å²) >= 11 is 0. The summed E-state index contributed by atoms with van der Waals surface area (Å²) < 4.78 is 32.5. The van der Waals surface area contributed by atoms with E-state index in [1.165, 1.54) is 36.4 Å². The molecule has 0 radical (unpaired) electrons. The molecule has 0 saturated heterocycles. The highest BCUT2D eigenvalue weighted by Gasteiger charge is 2.17. The number of hydrogen-bond acceptors (Lipinski definition) is 7. The molecule has 0 unspecified atom stereocenters. The summed E-state index contributed by atoms with van der Waals surface area (Å²) in [4.78, 5) is 10.3. The van der Waals surface area contributed by atoms with Crippen LogP contribution in [-0.4, -0.2) is 23.0 Å². The molecule has 0 fully saturated rings. The second-order valence-electron chi connectivity index (χ2n) is 5.88. The minimum absolute atomic E-state index is 0.0229. The Balaban J connectivity index is 2.14. The van der Waals surface area contributed by atoms with Crippen LogP contribution in [0.2, 0.25) is 0 Å². The average molecular weight is 401 g/mol. The Morgan fingerprint density at radius 1 is 1.07 bits per heavy atom. The van der Waals surface area contributed by atoms with Crippen LogP contribution in [0, 0.1) is 10.1 Å². The van der Waals surface area contributed by atoms with Gasteiger partial charge in [0.25, 0.3) is 15.8 Å². The van der Waals surface area contributed by atoms with Gasteiger partial charge < -0.3 is 5.11 Å². The van der Waals surface area contributed by atoms with Gasteiger partial charge in [0.1, 0.15) is 16.3 Å². The van der Waals surface area contributed by atoms with E-state index >= 15 is 0 Å². The number of aromatic hydroxyl groups is 1. The first-order valence-corrected chi connectivity index (χ1v) is 9.57. The van der Waals surface area contributed by atoms with Crippen molar-refractivity contribution in [3.63, 3.8) is 0 Å². The van der Waals surface area contributed by atoms with Crippen LogP contribution >= 0.6 is 0 Å². The summed E-state index contributed by atoms with van der Waals surface area (Å²) in [7, 11) is -4.48. The normalized spacial score (nSPS) is 11.9. The molecule has 0 spiro atoms. The molecule has 0 aromatic heterocycles. The van der Waals surface area contributed by atoms with Gasteiger partial charge in [0, 0.05) is 22.4 Å². The zero-order valence-electron chi connectivity index (χ0n) is 14.6. The minimum Gasteiger partial charge on any atom is -0.506 e. The molecular weight excluding hydrogens is 386 g/mol.